The highest BCUT2D eigenvalue weighted by atomic mass is 79.9. The second-order valence-electron chi connectivity index (χ2n) is 5.19. The van der Waals surface area contributed by atoms with Crippen LogP contribution in [0.25, 0.3) is 11.3 Å². The van der Waals surface area contributed by atoms with Gasteiger partial charge in [-0.25, -0.2) is 0 Å². The summed E-state index contributed by atoms with van der Waals surface area (Å²) in [5, 5.41) is 7.03. The number of nitrogens with one attached hydrogen (secondary N) is 2. The number of halogens is 1. The number of benzene rings is 2. The Bertz CT molecular complexity index is 812. The minimum atomic E-state index is 0.0215. The van der Waals surface area contributed by atoms with Crippen LogP contribution >= 0.6 is 15.9 Å². The van der Waals surface area contributed by atoms with Crippen molar-refractivity contribution in [3.63, 3.8) is 0 Å². The third-order valence-electron chi connectivity index (χ3n) is 3.81. The summed E-state index contributed by atoms with van der Waals surface area (Å²) in [7, 11) is 0. The van der Waals surface area contributed by atoms with E-state index in [1.165, 1.54) is 0 Å². The van der Waals surface area contributed by atoms with Crippen LogP contribution < -0.4 is 15.9 Å². The molecule has 2 N–H and O–H groups in total. The molecule has 106 valence electrons. The molecule has 1 aliphatic heterocycles. The smallest absolute Gasteiger partial charge is 0.404 e. The van der Waals surface area contributed by atoms with E-state index in [1.54, 1.807) is 0 Å². The standard InChI is InChI=1S/C17H13BBrN3/c19-14-8-2-1-6-12(14)17-13(7-5-11-20-17)18-21-15-9-3-4-10-16(15)22-18/h1-11,21-22H. The number of hydrogen-bond donors (Lipinski definition) is 2. The molecule has 0 unspecified atom stereocenters. The molecule has 0 spiro atoms. The molecule has 0 aliphatic carbocycles. The monoisotopic (exact) mass is 349 g/mol. The number of rotatable bonds is 2. The number of hydrogen-bond acceptors (Lipinski definition) is 3. The number of fused-ring (bicyclic) bond motifs is 1. The lowest BCUT2D eigenvalue weighted by Crippen LogP contribution is -2.43. The van der Waals surface area contributed by atoms with E-state index < -0.39 is 0 Å². The fraction of sp³-hybridized carbons (Fsp3) is 0. The van der Waals surface area contributed by atoms with E-state index in [2.05, 4.69) is 55.6 Å². The second-order valence-corrected chi connectivity index (χ2v) is 6.04. The van der Waals surface area contributed by atoms with Crippen LogP contribution in [-0.4, -0.2) is 12.0 Å². The summed E-state index contributed by atoms with van der Waals surface area (Å²) in [6.07, 6.45) is 1.83. The molecule has 0 bridgehead atoms. The van der Waals surface area contributed by atoms with Gasteiger partial charge in [-0.15, -0.1) is 0 Å². The number of anilines is 2. The van der Waals surface area contributed by atoms with Gasteiger partial charge in [0.1, 0.15) is 0 Å². The van der Waals surface area contributed by atoms with E-state index in [0.717, 1.165) is 32.6 Å². The molecule has 22 heavy (non-hydrogen) atoms. The molecule has 0 amide bonds. The molecule has 0 radical (unpaired) electrons. The van der Waals surface area contributed by atoms with Crippen molar-refractivity contribution in [1.29, 1.82) is 0 Å². The van der Waals surface area contributed by atoms with Gasteiger partial charge in [-0.3, -0.25) is 4.98 Å². The predicted octanol–water partition coefficient (Wildman–Crippen LogP) is 3.74. The lowest BCUT2D eigenvalue weighted by molar-refractivity contribution is 1.34. The van der Waals surface area contributed by atoms with Crippen LogP contribution in [0.1, 0.15) is 0 Å². The van der Waals surface area contributed by atoms with Gasteiger partial charge in [0.05, 0.1) is 5.69 Å². The maximum atomic E-state index is 4.61. The van der Waals surface area contributed by atoms with Crippen molar-refractivity contribution < 1.29 is 0 Å². The van der Waals surface area contributed by atoms with Gasteiger partial charge in [0.2, 0.25) is 0 Å². The van der Waals surface area contributed by atoms with E-state index in [1.807, 2.05) is 42.6 Å². The van der Waals surface area contributed by atoms with Crippen LogP contribution in [-0.2, 0) is 0 Å². The van der Waals surface area contributed by atoms with Crippen LogP contribution in [0.3, 0.4) is 0 Å². The molecule has 1 aliphatic rings. The molecule has 3 aromatic rings. The van der Waals surface area contributed by atoms with Gasteiger partial charge in [-0.05, 0) is 29.7 Å². The lowest BCUT2D eigenvalue weighted by Gasteiger charge is -2.13. The first-order chi connectivity index (χ1) is 10.8. The van der Waals surface area contributed by atoms with E-state index in [4.69, 9.17) is 0 Å². The van der Waals surface area contributed by atoms with Gasteiger partial charge in [-0.1, -0.05) is 52.3 Å². The first-order valence-corrected chi connectivity index (χ1v) is 7.94. The zero-order valence-corrected chi connectivity index (χ0v) is 13.3. The van der Waals surface area contributed by atoms with Gasteiger partial charge in [0.25, 0.3) is 0 Å². The molecule has 0 saturated heterocycles. The van der Waals surface area contributed by atoms with Crippen LogP contribution in [0.2, 0.25) is 0 Å². The fourth-order valence-corrected chi connectivity index (χ4v) is 3.24. The molecule has 0 saturated carbocycles. The number of para-hydroxylation sites is 2. The molecule has 3 nitrogen and oxygen atoms in total. The average molecular weight is 350 g/mol. The summed E-state index contributed by atoms with van der Waals surface area (Å²) in [6.45, 7) is 0.0215. The molecular formula is C17H13BBrN3. The van der Waals surface area contributed by atoms with E-state index in [0.29, 0.717) is 0 Å². The molecule has 2 heterocycles. The van der Waals surface area contributed by atoms with E-state index in [-0.39, 0.29) is 6.98 Å². The Morgan fingerprint density at radius 3 is 2.23 bits per heavy atom. The van der Waals surface area contributed by atoms with Crippen LogP contribution in [0.4, 0.5) is 11.4 Å². The van der Waals surface area contributed by atoms with E-state index in [9.17, 15) is 0 Å². The molecule has 2 aromatic carbocycles. The molecule has 4 rings (SSSR count). The second kappa shape index (κ2) is 5.50. The first-order valence-electron chi connectivity index (χ1n) is 7.15. The van der Waals surface area contributed by atoms with Gasteiger partial charge < -0.3 is 10.5 Å². The maximum Gasteiger partial charge on any atom is 0.408 e. The van der Waals surface area contributed by atoms with Crippen LogP contribution in [0.15, 0.2) is 71.3 Å². The minimum Gasteiger partial charge on any atom is -0.404 e. The summed E-state index contributed by atoms with van der Waals surface area (Å²) in [5.41, 5.74) is 5.44. The summed E-state index contributed by atoms with van der Waals surface area (Å²) < 4.78 is 1.05. The quantitative estimate of drug-likeness (QED) is 0.692. The van der Waals surface area contributed by atoms with Crippen LogP contribution in [0.5, 0.6) is 0 Å². The molecular weight excluding hydrogens is 337 g/mol. The van der Waals surface area contributed by atoms with Crippen molar-refractivity contribution in [3.8, 4) is 11.3 Å². The highest BCUT2D eigenvalue weighted by Crippen LogP contribution is 2.29. The first kappa shape index (κ1) is 13.4. The largest absolute Gasteiger partial charge is 0.408 e. The van der Waals surface area contributed by atoms with Gasteiger partial charge in [0.15, 0.2) is 0 Å². The van der Waals surface area contributed by atoms with Gasteiger partial charge in [0, 0.05) is 27.6 Å². The zero-order valence-electron chi connectivity index (χ0n) is 11.8. The van der Waals surface area contributed by atoms with Crippen molar-refractivity contribution >= 4 is 39.8 Å². The van der Waals surface area contributed by atoms with Gasteiger partial charge in [-0.2, -0.15) is 0 Å². The highest BCUT2D eigenvalue weighted by molar-refractivity contribution is 9.10. The molecule has 1 aromatic heterocycles. The molecule has 5 heteroatoms. The summed E-state index contributed by atoms with van der Waals surface area (Å²) in [5.74, 6) is 0. The third-order valence-corrected chi connectivity index (χ3v) is 4.50. The number of nitrogens with zero attached hydrogens (tertiary/aromatic N) is 1. The van der Waals surface area contributed by atoms with Crippen molar-refractivity contribution in [2.75, 3.05) is 10.5 Å². The Morgan fingerprint density at radius 1 is 0.818 bits per heavy atom. The Labute approximate surface area is 138 Å². The predicted molar refractivity (Wildman–Crippen MR) is 96.4 cm³/mol. The Morgan fingerprint density at radius 2 is 1.50 bits per heavy atom. The van der Waals surface area contributed by atoms with E-state index >= 15 is 0 Å². The molecule has 0 fully saturated rings. The third kappa shape index (κ3) is 2.27. The Hall–Kier alpha value is -2.27. The van der Waals surface area contributed by atoms with Crippen LogP contribution in [0, 0.1) is 0 Å². The van der Waals surface area contributed by atoms with Crippen molar-refractivity contribution in [3.05, 3.63) is 71.3 Å². The zero-order chi connectivity index (χ0) is 14.9. The Balaban J connectivity index is 1.77. The van der Waals surface area contributed by atoms with Gasteiger partial charge >= 0.3 is 6.98 Å². The lowest BCUT2D eigenvalue weighted by atomic mass is 9.67. The normalized spacial score (nSPS) is 12.5. The average Bonchev–Trinajstić information content (AvgIpc) is 2.99. The van der Waals surface area contributed by atoms with Crippen molar-refractivity contribution in [1.82, 2.24) is 4.98 Å². The fourth-order valence-electron chi connectivity index (χ4n) is 2.77. The number of aromatic nitrogens is 1. The SMILES string of the molecule is Brc1ccccc1-c1ncccc1B1Nc2ccccc2N1. The van der Waals surface area contributed by atoms with Crippen molar-refractivity contribution in [2.45, 2.75) is 0 Å². The topological polar surface area (TPSA) is 37.0 Å². The molecule has 0 atom stereocenters. The van der Waals surface area contributed by atoms with Crippen molar-refractivity contribution in [2.24, 2.45) is 0 Å². The minimum absolute atomic E-state index is 0.0215. The summed E-state index contributed by atoms with van der Waals surface area (Å²) in [6, 6.07) is 20.5. The Kier molecular flexibility index (Phi) is 3.35. The highest BCUT2D eigenvalue weighted by Gasteiger charge is 2.29. The summed E-state index contributed by atoms with van der Waals surface area (Å²) in [4.78, 5) is 4.61. The summed E-state index contributed by atoms with van der Waals surface area (Å²) >= 11 is 3.62. The maximum absolute atomic E-state index is 4.61. The number of pyridine rings is 1.